The van der Waals surface area contributed by atoms with Gasteiger partial charge in [-0.3, -0.25) is 4.79 Å². The lowest BCUT2D eigenvalue weighted by atomic mass is 10.1. The van der Waals surface area contributed by atoms with Crippen LogP contribution in [0, 0.1) is 0 Å². The maximum absolute atomic E-state index is 11.2. The molecule has 1 amide bonds. The number of primary amides is 1. The highest BCUT2D eigenvalue weighted by Crippen LogP contribution is 2.28. The van der Waals surface area contributed by atoms with Gasteiger partial charge >= 0.3 is 0 Å². The number of para-hydroxylation sites is 1. The summed E-state index contributed by atoms with van der Waals surface area (Å²) in [6.07, 6.45) is 1.72. The lowest BCUT2D eigenvalue weighted by Crippen LogP contribution is -2.09. The first kappa shape index (κ1) is 9.58. The fourth-order valence-electron chi connectivity index (χ4n) is 1.79. The first-order valence-electron chi connectivity index (χ1n) is 4.57. The van der Waals surface area contributed by atoms with Crippen LogP contribution in [-0.4, -0.2) is 17.6 Å². The number of nitrogens with zero attached hydrogens (tertiary/aromatic N) is 1. The number of benzene rings is 1. The van der Waals surface area contributed by atoms with Crippen molar-refractivity contribution in [2.24, 2.45) is 12.8 Å². The Morgan fingerprint density at radius 1 is 1.47 bits per heavy atom. The van der Waals surface area contributed by atoms with Gasteiger partial charge in [-0.15, -0.1) is 0 Å². The second-order valence-corrected chi connectivity index (χ2v) is 3.37. The monoisotopic (exact) mass is 204 g/mol. The third-order valence-corrected chi connectivity index (χ3v) is 2.45. The van der Waals surface area contributed by atoms with Crippen LogP contribution in [0.25, 0.3) is 10.9 Å². The Hall–Kier alpha value is -1.97. The third-order valence-electron chi connectivity index (χ3n) is 2.45. The molecule has 0 saturated carbocycles. The number of hydrogen-bond acceptors (Lipinski definition) is 2. The molecule has 0 aliphatic carbocycles. The van der Waals surface area contributed by atoms with E-state index in [0.717, 1.165) is 16.7 Å². The molecule has 1 heterocycles. The predicted molar refractivity (Wildman–Crippen MR) is 58.0 cm³/mol. The van der Waals surface area contributed by atoms with Crippen LogP contribution in [0.4, 0.5) is 0 Å². The molecule has 0 bridgehead atoms. The number of amides is 1. The zero-order valence-corrected chi connectivity index (χ0v) is 8.65. The molecular formula is C11H12N2O2. The molecule has 2 N–H and O–H groups in total. The molecule has 0 radical (unpaired) electrons. The van der Waals surface area contributed by atoms with Crippen LogP contribution in [0.5, 0.6) is 5.75 Å². The Labute approximate surface area is 87.2 Å². The minimum Gasteiger partial charge on any atom is -0.495 e. The van der Waals surface area contributed by atoms with Gasteiger partial charge in [0.25, 0.3) is 5.91 Å². The first-order valence-corrected chi connectivity index (χ1v) is 4.57. The van der Waals surface area contributed by atoms with E-state index in [2.05, 4.69) is 0 Å². The number of ether oxygens (including phenoxy) is 1. The molecule has 4 nitrogen and oxygen atoms in total. The molecule has 0 fully saturated rings. The molecular weight excluding hydrogens is 192 g/mol. The lowest BCUT2D eigenvalue weighted by Gasteiger charge is -2.03. The van der Waals surface area contributed by atoms with Crippen molar-refractivity contribution in [1.29, 1.82) is 0 Å². The maximum atomic E-state index is 11.2. The van der Waals surface area contributed by atoms with Crippen molar-refractivity contribution < 1.29 is 9.53 Å². The summed E-state index contributed by atoms with van der Waals surface area (Å²) in [5, 5.41) is 0.823. The summed E-state index contributed by atoms with van der Waals surface area (Å²) in [4.78, 5) is 11.2. The molecule has 0 spiro atoms. The Kier molecular flexibility index (Phi) is 2.11. The SMILES string of the molecule is COc1cccc2c(C(N)=O)cn(C)c12. The van der Waals surface area contributed by atoms with E-state index in [1.165, 1.54) is 0 Å². The van der Waals surface area contributed by atoms with Crippen LogP contribution in [0.15, 0.2) is 24.4 Å². The van der Waals surface area contributed by atoms with E-state index in [1.54, 1.807) is 13.3 Å². The average molecular weight is 204 g/mol. The van der Waals surface area contributed by atoms with E-state index in [9.17, 15) is 4.79 Å². The van der Waals surface area contributed by atoms with Crippen molar-refractivity contribution >= 4 is 16.8 Å². The zero-order chi connectivity index (χ0) is 11.0. The summed E-state index contributed by atoms with van der Waals surface area (Å²) < 4.78 is 7.07. The normalized spacial score (nSPS) is 10.5. The van der Waals surface area contributed by atoms with Gasteiger partial charge in [0.05, 0.1) is 18.2 Å². The summed E-state index contributed by atoms with van der Waals surface area (Å²) in [5.74, 6) is 0.316. The molecule has 1 aromatic carbocycles. The van der Waals surface area contributed by atoms with E-state index in [-0.39, 0.29) is 0 Å². The van der Waals surface area contributed by atoms with Crippen LogP contribution in [0.2, 0.25) is 0 Å². The number of carbonyl (C=O) groups excluding carboxylic acids is 1. The van der Waals surface area contributed by atoms with Crippen molar-refractivity contribution in [2.45, 2.75) is 0 Å². The highest BCUT2D eigenvalue weighted by atomic mass is 16.5. The molecule has 0 saturated heterocycles. The zero-order valence-electron chi connectivity index (χ0n) is 8.65. The lowest BCUT2D eigenvalue weighted by molar-refractivity contribution is 0.100. The Morgan fingerprint density at radius 3 is 2.80 bits per heavy atom. The Balaban J connectivity index is 2.85. The Bertz CT molecular complexity index is 529. The fourth-order valence-corrected chi connectivity index (χ4v) is 1.79. The number of carbonyl (C=O) groups is 1. The quantitative estimate of drug-likeness (QED) is 0.801. The van der Waals surface area contributed by atoms with Gasteiger partial charge in [-0.2, -0.15) is 0 Å². The molecule has 0 aliphatic heterocycles. The standard InChI is InChI=1S/C11H12N2O2/c1-13-6-8(11(12)14)7-4-3-5-9(15-2)10(7)13/h3-6H,1-2H3,(H2,12,14). The van der Waals surface area contributed by atoms with Crippen molar-refractivity contribution in [3.63, 3.8) is 0 Å². The highest BCUT2D eigenvalue weighted by Gasteiger charge is 2.13. The van der Waals surface area contributed by atoms with E-state index in [1.807, 2.05) is 29.8 Å². The van der Waals surface area contributed by atoms with Gasteiger partial charge in [0.15, 0.2) is 0 Å². The molecule has 0 atom stereocenters. The van der Waals surface area contributed by atoms with Gasteiger partial charge in [-0.25, -0.2) is 0 Å². The number of rotatable bonds is 2. The van der Waals surface area contributed by atoms with E-state index < -0.39 is 5.91 Å². The van der Waals surface area contributed by atoms with Gasteiger partial charge in [-0.05, 0) is 6.07 Å². The largest absolute Gasteiger partial charge is 0.495 e. The van der Waals surface area contributed by atoms with Crippen molar-refractivity contribution in [1.82, 2.24) is 4.57 Å². The maximum Gasteiger partial charge on any atom is 0.250 e. The number of methoxy groups -OCH3 is 1. The van der Waals surface area contributed by atoms with Crippen molar-refractivity contribution in [2.75, 3.05) is 7.11 Å². The predicted octanol–water partition coefficient (Wildman–Crippen LogP) is 1.29. The third kappa shape index (κ3) is 1.34. The molecule has 0 aliphatic rings. The average Bonchev–Trinajstić information content (AvgIpc) is 2.56. The van der Waals surface area contributed by atoms with Crippen LogP contribution in [0.3, 0.4) is 0 Å². The second-order valence-electron chi connectivity index (χ2n) is 3.37. The Morgan fingerprint density at radius 2 is 2.20 bits per heavy atom. The van der Waals surface area contributed by atoms with Gasteiger partial charge in [-0.1, -0.05) is 12.1 Å². The molecule has 4 heteroatoms. The minimum absolute atomic E-state index is 0.422. The van der Waals surface area contributed by atoms with Gasteiger partial charge in [0.2, 0.25) is 0 Å². The molecule has 0 unspecified atom stereocenters. The number of aryl methyl sites for hydroxylation is 1. The summed E-state index contributed by atoms with van der Waals surface area (Å²) in [5.41, 5.74) is 6.69. The van der Waals surface area contributed by atoms with E-state index >= 15 is 0 Å². The molecule has 1 aromatic heterocycles. The summed E-state index contributed by atoms with van der Waals surface area (Å²) in [6.45, 7) is 0. The molecule has 2 aromatic rings. The van der Waals surface area contributed by atoms with Crippen LogP contribution in [-0.2, 0) is 7.05 Å². The van der Waals surface area contributed by atoms with Gasteiger partial charge in [0, 0.05) is 18.6 Å². The molecule has 2 rings (SSSR count). The summed E-state index contributed by atoms with van der Waals surface area (Å²) in [6, 6.07) is 5.55. The van der Waals surface area contributed by atoms with Crippen molar-refractivity contribution in [3.05, 3.63) is 30.0 Å². The first-order chi connectivity index (χ1) is 7.15. The topological polar surface area (TPSA) is 57.2 Å². The number of aromatic nitrogens is 1. The van der Waals surface area contributed by atoms with E-state index in [4.69, 9.17) is 10.5 Å². The minimum atomic E-state index is -0.422. The number of nitrogens with two attached hydrogens (primary N) is 1. The smallest absolute Gasteiger partial charge is 0.250 e. The molecule has 78 valence electrons. The highest BCUT2D eigenvalue weighted by molar-refractivity contribution is 6.07. The van der Waals surface area contributed by atoms with Crippen molar-refractivity contribution in [3.8, 4) is 5.75 Å². The number of hydrogen-bond donors (Lipinski definition) is 1. The van der Waals surface area contributed by atoms with Crippen LogP contribution < -0.4 is 10.5 Å². The van der Waals surface area contributed by atoms with E-state index in [0.29, 0.717) is 5.56 Å². The molecule has 15 heavy (non-hydrogen) atoms. The second kappa shape index (κ2) is 3.31. The fraction of sp³-hybridized carbons (Fsp3) is 0.182. The van der Waals surface area contributed by atoms with Gasteiger partial charge < -0.3 is 15.0 Å². The summed E-state index contributed by atoms with van der Waals surface area (Å²) in [7, 11) is 3.46. The van der Waals surface area contributed by atoms with Gasteiger partial charge in [0.1, 0.15) is 5.75 Å². The van der Waals surface area contributed by atoms with Crippen LogP contribution >= 0.6 is 0 Å². The van der Waals surface area contributed by atoms with Crippen LogP contribution in [0.1, 0.15) is 10.4 Å². The summed E-state index contributed by atoms with van der Waals surface area (Å²) >= 11 is 0. The number of fused-ring (bicyclic) bond motifs is 1.